The summed E-state index contributed by atoms with van der Waals surface area (Å²) in [4.78, 5) is 10.5. The lowest BCUT2D eigenvalue weighted by atomic mass is 10.1. The molecule has 0 saturated heterocycles. The number of benzene rings is 2. The Kier molecular flexibility index (Phi) is 5.61. The Bertz CT molecular complexity index is 678. The summed E-state index contributed by atoms with van der Waals surface area (Å²) in [7, 11) is 1.58. The third-order valence-electron chi connectivity index (χ3n) is 2.92. The van der Waals surface area contributed by atoms with Crippen LogP contribution in [0.3, 0.4) is 0 Å². The van der Waals surface area contributed by atoms with Crippen LogP contribution in [-0.2, 0) is 11.4 Å². The van der Waals surface area contributed by atoms with Gasteiger partial charge in [0.25, 0.3) is 0 Å². The summed E-state index contributed by atoms with van der Waals surface area (Å²) in [5.74, 6) is 0.187. The largest absolute Gasteiger partial charge is 0.545 e. The van der Waals surface area contributed by atoms with Crippen molar-refractivity contribution >= 4 is 28.0 Å². The van der Waals surface area contributed by atoms with E-state index in [0.717, 1.165) is 27.4 Å². The molecule has 0 aliphatic rings. The van der Waals surface area contributed by atoms with Gasteiger partial charge in [0.2, 0.25) is 0 Å². The quantitative estimate of drug-likeness (QED) is 0.742. The normalized spacial score (nSPS) is 10.6. The van der Waals surface area contributed by atoms with Crippen LogP contribution in [0, 0.1) is 0 Å². The minimum atomic E-state index is -1.23. The summed E-state index contributed by atoms with van der Waals surface area (Å²) < 4.78 is 12.0. The van der Waals surface area contributed by atoms with Crippen molar-refractivity contribution in [2.75, 3.05) is 7.11 Å². The third-order valence-corrected chi connectivity index (χ3v) is 3.45. The topological polar surface area (TPSA) is 58.6 Å². The van der Waals surface area contributed by atoms with Crippen LogP contribution in [0.15, 0.2) is 53.0 Å². The third kappa shape index (κ3) is 4.63. The molecule has 0 atom stereocenters. The van der Waals surface area contributed by atoms with Crippen LogP contribution in [0.5, 0.6) is 11.5 Å². The molecule has 0 saturated carbocycles. The van der Waals surface area contributed by atoms with Crippen molar-refractivity contribution in [2.24, 2.45) is 0 Å². The van der Waals surface area contributed by atoms with Gasteiger partial charge in [-0.25, -0.2) is 0 Å². The molecule has 0 aliphatic carbocycles. The number of carbonyl (C=O) groups excluding carboxylic acids is 1. The van der Waals surface area contributed by atoms with Crippen LogP contribution in [0.2, 0.25) is 0 Å². The Hall–Kier alpha value is -2.27. The van der Waals surface area contributed by atoms with E-state index in [-0.39, 0.29) is 0 Å². The summed E-state index contributed by atoms with van der Waals surface area (Å²) in [6.45, 7) is 0.317. The fourth-order valence-corrected chi connectivity index (χ4v) is 2.14. The highest BCUT2D eigenvalue weighted by molar-refractivity contribution is 9.10. The molecular formula is C17H14BrO4-. The highest BCUT2D eigenvalue weighted by atomic mass is 79.9. The molecule has 0 unspecified atom stereocenters. The van der Waals surface area contributed by atoms with Gasteiger partial charge >= 0.3 is 0 Å². The average Bonchev–Trinajstić information content (AvgIpc) is 2.52. The summed E-state index contributed by atoms with van der Waals surface area (Å²) in [5.41, 5.74) is 1.56. The Morgan fingerprint density at radius 3 is 2.59 bits per heavy atom. The standard InChI is InChI=1S/C17H15BrO4/c1-21-16-8-2-12(3-9-17(19)20)10-13(16)11-22-15-6-4-14(18)5-7-15/h2-10H,11H2,1H3,(H,19,20)/p-1. The molecule has 22 heavy (non-hydrogen) atoms. The van der Waals surface area contributed by atoms with Gasteiger partial charge < -0.3 is 19.4 Å². The van der Waals surface area contributed by atoms with Gasteiger partial charge in [-0.05, 0) is 48.0 Å². The van der Waals surface area contributed by atoms with E-state index in [1.165, 1.54) is 6.08 Å². The number of hydrogen-bond donors (Lipinski definition) is 0. The lowest BCUT2D eigenvalue weighted by Gasteiger charge is -2.11. The van der Waals surface area contributed by atoms with E-state index in [4.69, 9.17) is 9.47 Å². The Labute approximate surface area is 137 Å². The zero-order valence-corrected chi connectivity index (χ0v) is 13.5. The SMILES string of the molecule is COc1ccc(C=CC(=O)[O-])cc1COc1ccc(Br)cc1. The van der Waals surface area contributed by atoms with Crippen molar-refractivity contribution in [1.29, 1.82) is 0 Å². The Balaban J connectivity index is 2.15. The van der Waals surface area contributed by atoms with Crippen molar-refractivity contribution in [3.05, 3.63) is 64.1 Å². The van der Waals surface area contributed by atoms with Crippen molar-refractivity contribution in [3.63, 3.8) is 0 Å². The number of carboxylic acid groups (broad SMARTS) is 1. The number of halogens is 1. The van der Waals surface area contributed by atoms with Crippen LogP contribution in [0.1, 0.15) is 11.1 Å². The highest BCUT2D eigenvalue weighted by Gasteiger charge is 2.05. The molecule has 0 aromatic heterocycles. The van der Waals surface area contributed by atoms with Crippen LogP contribution < -0.4 is 14.6 Å². The number of ether oxygens (including phenoxy) is 2. The number of methoxy groups -OCH3 is 1. The fourth-order valence-electron chi connectivity index (χ4n) is 1.87. The molecule has 114 valence electrons. The van der Waals surface area contributed by atoms with Gasteiger partial charge in [-0.15, -0.1) is 0 Å². The van der Waals surface area contributed by atoms with Gasteiger partial charge in [-0.2, -0.15) is 0 Å². The van der Waals surface area contributed by atoms with E-state index in [2.05, 4.69) is 15.9 Å². The van der Waals surface area contributed by atoms with Crippen molar-refractivity contribution in [1.82, 2.24) is 0 Å². The monoisotopic (exact) mass is 361 g/mol. The van der Waals surface area contributed by atoms with E-state index in [1.807, 2.05) is 30.3 Å². The van der Waals surface area contributed by atoms with Crippen molar-refractivity contribution in [3.8, 4) is 11.5 Å². The van der Waals surface area contributed by atoms with Crippen LogP contribution in [0.4, 0.5) is 0 Å². The lowest BCUT2D eigenvalue weighted by Crippen LogP contribution is -2.18. The molecule has 2 aromatic rings. The summed E-state index contributed by atoms with van der Waals surface area (Å²) >= 11 is 3.37. The van der Waals surface area contributed by atoms with Gasteiger partial charge in [-0.3, -0.25) is 0 Å². The number of hydrogen-bond acceptors (Lipinski definition) is 4. The molecule has 0 spiro atoms. The molecular weight excluding hydrogens is 348 g/mol. The second-order valence-corrected chi connectivity index (χ2v) is 5.38. The first-order valence-corrected chi connectivity index (χ1v) is 7.32. The van der Waals surface area contributed by atoms with Gasteiger partial charge in [-0.1, -0.05) is 28.1 Å². The predicted molar refractivity (Wildman–Crippen MR) is 85.5 cm³/mol. The smallest absolute Gasteiger partial charge is 0.125 e. The van der Waals surface area contributed by atoms with Crippen molar-refractivity contribution < 1.29 is 19.4 Å². The summed E-state index contributed by atoms with van der Waals surface area (Å²) in [6.07, 6.45) is 2.46. The average molecular weight is 362 g/mol. The van der Waals surface area contributed by atoms with Crippen molar-refractivity contribution in [2.45, 2.75) is 6.61 Å². The van der Waals surface area contributed by atoms with Crippen LogP contribution >= 0.6 is 15.9 Å². The zero-order valence-electron chi connectivity index (χ0n) is 11.9. The molecule has 0 fully saturated rings. The van der Waals surface area contributed by atoms with E-state index >= 15 is 0 Å². The van der Waals surface area contributed by atoms with Gasteiger partial charge in [0.15, 0.2) is 0 Å². The molecule has 2 aromatic carbocycles. The molecule has 0 heterocycles. The second kappa shape index (κ2) is 7.66. The summed E-state index contributed by atoms with van der Waals surface area (Å²) in [5, 5.41) is 10.5. The Morgan fingerprint density at radius 2 is 1.95 bits per heavy atom. The maximum absolute atomic E-state index is 10.5. The molecule has 0 N–H and O–H groups in total. The van der Waals surface area contributed by atoms with Crippen LogP contribution in [0.25, 0.3) is 6.08 Å². The van der Waals surface area contributed by atoms with E-state index in [0.29, 0.717) is 12.4 Å². The van der Waals surface area contributed by atoms with Gasteiger partial charge in [0.1, 0.15) is 18.1 Å². The summed E-state index contributed by atoms with van der Waals surface area (Å²) in [6, 6.07) is 12.9. The highest BCUT2D eigenvalue weighted by Crippen LogP contribution is 2.23. The molecule has 0 aliphatic heterocycles. The minimum absolute atomic E-state index is 0.317. The molecule has 5 heteroatoms. The zero-order chi connectivity index (χ0) is 15.9. The van der Waals surface area contributed by atoms with Gasteiger partial charge in [0.05, 0.1) is 13.1 Å². The number of rotatable bonds is 6. The molecule has 0 bridgehead atoms. The maximum atomic E-state index is 10.5. The number of carboxylic acids is 1. The van der Waals surface area contributed by atoms with E-state index < -0.39 is 5.97 Å². The predicted octanol–water partition coefficient (Wildman–Crippen LogP) is 2.80. The first-order valence-electron chi connectivity index (χ1n) is 6.53. The number of aliphatic carboxylic acids is 1. The molecule has 0 amide bonds. The second-order valence-electron chi connectivity index (χ2n) is 4.47. The first-order chi connectivity index (χ1) is 10.6. The number of carbonyl (C=O) groups is 1. The molecule has 4 nitrogen and oxygen atoms in total. The molecule has 0 radical (unpaired) electrons. The lowest BCUT2D eigenvalue weighted by molar-refractivity contribution is -0.297. The Morgan fingerprint density at radius 1 is 1.23 bits per heavy atom. The fraction of sp³-hybridized carbons (Fsp3) is 0.118. The van der Waals surface area contributed by atoms with E-state index in [1.54, 1.807) is 19.2 Å². The van der Waals surface area contributed by atoms with Crippen LogP contribution in [-0.4, -0.2) is 13.1 Å². The minimum Gasteiger partial charge on any atom is -0.545 e. The van der Waals surface area contributed by atoms with Gasteiger partial charge in [0, 0.05) is 10.0 Å². The maximum Gasteiger partial charge on any atom is 0.125 e. The van der Waals surface area contributed by atoms with E-state index in [9.17, 15) is 9.90 Å². The first kappa shape index (κ1) is 16.1. The molecule has 2 rings (SSSR count).